The van der Waals surface area contributed by atoms with Gasteiger partial charge in [-0.15, -0.1) is 13.2 Å². The Hall–Kier alpha value is -3.75. The molecule has 0 bridgehead atoms. The van der Waals surface area contributed by atoms with E-state index in [1.807, 2.05) is 0 Å². The number of carbonyl (C=O) groups excluding carboxylic acids is 1. The van der Waals surface area contributed by atoms with Crippen molar-refractivity contribution in [2.75, 3.05) is 6.61 Å². The Kier molecular flexibility index (Phi) is 6.01. The molecule has 154 valence electrons. The summed E-state index contributed by atoms with van der Waals surface area (Å²) in [5.74, 6) is -3.96. The SMILES string of the molecule is CCOC(=O)C1=C(C)OC(N)=C(C#N)C1c1cc([N+](=O)[O-])ccc1OC(F)(F)F. The number of nitriles is 1. The summed E-state index contributed by atoms with van der Waals surface area (Å²) in [5.41, 5.74) is 3.86. The number of ether oxygens (including phenoxy) is 3. The molecule has 2 N–H and O–H groups in total. The summed E-state index contributed by atoms with van der Waals surface area (Å²) in [6.07, 6.45) is -5.14. The lowest BCUT2D eigenvalue weighted by Gasteiger charge is -2.28. The van der Waals surface area contributed by atoms with Crippen molar-refractivity contribution in [2.24, 2.45) is 5.73 Å². The van der Waals surface area contributed by atoms with Crippen LogP contribution in [0.1, 0.15) is 25.3 Å². The molecule has 0 spiro atoms. The monoisotopic (exact) mass is 413 g/mol. The van der Waals surface area contributed by atoms with E-state index in [1.54, 1.807) is 6.07 Å². The zero-order valence-corrected chi connectivity index (χ0v) is 15.1. The fraction of sp³-hybridized carbons (Fsp3) is 0.294. The van der Waals surface area contributed by atoms with Crippen molar-refractivity contribution in [3.8, 4) is 11.8 Å². The van der Waals surface area contributed by atoms with Crippen LogP contribution >= 0.6 is 0 Å². The van der Waals surface area contributed by atoms with Crippen molar-refractivity contribution in [3.63, 3.8) is 0 Å². The zero-order chi connectivity index (χ0) is 21.9. The van der Waals surface area contributed by atoms with Gasteiger partial charge in [0.2, 0.25) is 5.88 Å². The maximum atomic E-state index is 12.9. The van der Waals surface area contributed by atoms with E-state index in [0.29, 0.717) is 0 Å². The molecule has 0 radical (unpaired) electrons. The highest BCUT2D eigenvalue weighted by Gasteiger charge is 2.41. The highest BCUT2D eigenvalue weighted by atomic mass is 19.4. The number of non-ortho nitro benzene ring substituents is 1. The summed E-state index contributed by atoms with van der Waals surface area (Å²) in [4.78, 5) is 22.7. The molecule has 1 heterocycles. The summed E-state index contributed by atoms with van der Waals surface area (Å²) in [5, 5.41) is 20.6. The van der Waals surface area contributed by atoms with Crippen molar-refractivity contribution in [1.29, 1.82) is 5.26 Å². The van der Waals surface area contributed by atoms with E-state index >= 15 is 0 Å². The van der Waals surface area contributed by atoms with Gasteiger partial charge in [0.05, 0.1) is 23.0 Å². The maximum absolute atomic E-state index is 12.9. The molecular weight excluding hydrogens is 399 g/mol. The fourth-order valence-electron chi connectivity index (χ4n) is 2.76. The Morgan fingerprint density at radius 2 is 2.10 bits per heavy atom. The molecule has 1 atom stereocenters. The van der Waals surface area contributed by atoms with E-state index in [0.717, 1.165) is 18.2 Å². The Bertz CT molecular complexity index is 962. The van der Waals surface area contributed by atoms with Crippen LogP contribution in [0.15, 0.2) is 41.0 Å². The minimum absolute atomic E-state index is 0.0791. The summed E-state index contributed by atoms with van der Waals surface area (Å²) >= 11 is 0. The lowest BCUT2D eigenvalue weighted by atomic mass is 9.82. The van der Waals surface area contributed by atoms with Gasteiger partial charge in [0.25, 0.3) is 5.69 Å². The molecule has 0 saturated heterocycles. The first-order chi connectivity index (χ1) is 13.5. The van der Waals surface area contributed by atoms with Crippen molar-refractivity contribution < 1.29 is 37.1 Å². The van der Waals surface area contributed by atoms with Crippen molar-refractivity contribution >= 4 is 11.7 Å². The average molecular weight is 413 g/mol. The van der Waals surface area contributed by atoms with Crippen molar-refractivity contribution in [2.45, 2.75) is 26.1 Å². The number of hydrogen-bond acceptors (Lipinski definition) is 8. The Balaban J connectivity index is 2.81. The molecule has 0 aliphatic carbocycles. The molecular formula is C17H14F3N3O6. The number of rotatable bonds is 5. The van der Waals surface area contributed by atoms with Crippen molar-refractivity contribution in [1.82, 2.24) is 0 Å². The van der Waals surface area contributed by atoms with Crippen LogP contribution in [-0.2, 0) is 14.3 Å². The van der Waals surface area contributed by atoms with Crippen LogP contribution in [-0.4, -0.2) is 23.9 Å². The van der Waals surface area contributed by atoms with E-state index in [9.17, 15) is 33.3 Å². The number of halogens is 3. The number of nitro benzene ring substituents is 1. The van der Waals surface area contributed by atoms with Crippen LogP contribution in [0.2, 0.25) is 0 Å². The third-order valence-corrected chi connectivity index (χ3v) is 3.84. The van der Waals surface area contributed by atoms with E-state index in [1.165, 1.54) is 13.8 Å². The highest BCUT2D eigenvalue weighted by molar-refractivity contribution is 5.93. The van der Waals surface area contributed by atoms with Gasteiger partial charge in [-0.2, -0.15) is 5.26 Å². The summed E-state index contributed by atoms with van der Waals surface area (Å²) < 4.78 is 52.6. The number of benzene rings is 1. The average Bonchev–Trinajstić information content (AvgIpc) is 2.60. The highest BCUT2D eigenvalue weighted by Crippen LogP contribution is 2.45. The molecule has 29 heavy (non-hydrogen) atoms. The molecule has 0 amide bonds. The Morgan fingerprint density at radius 3 is 2.62 bits per heavy atom. The first-order valence-electron chi connectivity index (χ1n) is 7.99. The molecule has 1 aromatic carbocycles. The molecule has 0 saturated carbocycles. The minimum atomic E-state index is -5.14. The van der Waals surface area contributed by atoms with Crippen LogP contribution in [0.4, 0.5) is 18.9 Å². The lowest BCUT2D eigenvalue weighted by Crippen LogP contribution is -2.27. The van der Waals surface area contributed by atoms with Gasteiger partial charge in [-0.3, -0.25) is 10.1 Å². The molecule has 0 fully saturated rings. The van der Waals surface area contributed by atoms with Gasteiger partial charge in [-0.05, 0) is 19.9 Å². The number of nitrogens with two attached hydrogens (primary N) is 1. The number of carbonyl (C=O) groups is 1. The second kappa shape index (κ2) is 8.09. The summed E-state index contributed by atoms with van der Waals surface area (Å²) in [6.45, 7) is 2.71. The van der Waals surface area contributed by atoms with Crippen LogP contribution in [0.25, 0.3) is 0 Å². The predicted octanol–water partition coefficient (Wildman–Crippen LogP) is 3.14. The third kappa shape index (κ3) is 4.57. The van der Waals surface area contributed by atoms with Crippen LogP contribution in [0.3, 0.4) is 0 Å². The zero-order valence-electron chi connectivity index (χ0n) is 15.1. The van der Waals surface area contributed by atoms with Gasteiger partial charge in [-0.25, -0.2) is 4.79 Å². The lowest BCUT2D eigenvalue weighted by molar-refractivity contribution is -0.385. The Morgan fingerprint density at radius 1 is 1.45 bits per heavy atom. The molecule has 1 unspecified atom stereocenters. The van der Waals surface area contributed by atoms with Crippen LogP contribution < -0.4 is 10.5 Å². The van der Waals surface area contributed by atoms with Crippen molar-refractivity contribution in [3.05, 3.63) is 56.7 Å². The number of nitro groups is 1. The van der Waals surface area contributed by atoms with Crippen LogP contribution in [0.5, 0.6) is 5.75 Å². The molecule has 0 aromatic heterocycles. The largest absolute Gasteiger partial charge is 0.573 e. The summed E-state index contributed by atoms with van der Waals surface area (Å²) in [7, 11) is 0. The second-order valence-electron chi connectivity index (χ2n) is 5.64. The Labute approximate surface area is 161 Å². The molecule has 1 aromatic rings. The minimum Gasteiger partial charge on any atom is -0.463 e. The number of alkyl halides is 3. The third-order valence-electron chi connectivity index (χ3n) is 3.84. The molecule has 9 nitrogen and oxygen atoms in total. The standard InChI is InChI=1S/C17H14F3N3O6/c1-3-27-16(24)13-8(2)28-15(22)11(7-21)14(13)10-6-9(23(25)26)4-5-12(10)29-17(18,19)20/h4-6,14H,3,22H2,1-2H3. The molecule has 2 rings (SSSR count). The molecule has 1 aliphatic heterocycles. The molecule has 1 aliphatic rings. The van der Waals surface area contributed by atoms with Gasteiger partial charge in [-0.1, -0.05) is 0 Å². The first kappa shape index (κ1) is 21.5. The second-order valence-corrected chi connectivity index (χ2v) is 5.64. The molecule has 12 heteroatoms. The number of hydrogen-bond donors (Lipinski definition) is 1. The first-order valence-corrected chi connectivity index (χ1v) is 7.99. The number of nitrogens with zero attached hydrogens (tertiary/aromatic N) is 2. The number of allylic oxidation sites excluding steroid dienone is 2. The van der Waals surface area contributed by atoms with Gasteiger partial charge < -0.3 is 19.9 Å². The predicted molar refractivity (Wildman–Crippen MR) is 89.8 cm³/mol. The van der Waals surface area contributed by atoms with Gasteiger partial charge in [0.15, 0.2) is 0 Å². The van der Waals surface area contributed by atoms with E-state index in [-0.39, 0.29) is 17.9 Å². The quantitative estimate of drug-likeness (QED) is 0.441. The topological polar surface area (TPSA) is 138 Å². The summed E-state index contributed by atoms with van der Waals surface area (Å²) in [6, 6.07) is 3.96. The van der Waals surface area contributed by atoms with E-state index < -0.39 is 51.6 Å². The van der Waals surface area contributed by atoms with E-state index in [2.05, 4.69) is 4.74 Å². The van der Waals surface area contributed by atoms with Crippen LogP contribution in [0, 0.1) is 21.4 Å². The normalized spacial score (nSPS) is 16.8. The number of esters is 1. The maximum Gasteiger partial charge on any atom is 0.573 e. The van der Waals surface area contributed by atoms with Gasteiger partial charge in [0, 0.05) is 17.7 Å². The van der Waals surface area contributed by atoms with E-state index in [4.69, 9.17) is 15.2 Å². The van der Waals surface area contributed by atoms with Gasteiger partial charge in [0.1, 0.15) is 23.2 Å². The van der Waals surface area contributed by atoms with Gasteiger partial charge >= 0.3 is 12.3 Å². The smallest absolute Gasteiger partial charge is 0.463 e. The fourth-order valence-corrected chi connectivity index (χ4v) is 2.76.